The third-order valence-electron chi connectivity index (χ3n) is 5.04. The molecule has 1 amide bonds. The summed E-state index contributed by atoms with van der Waals surface area (Å²) in [7, 11) is 0. The molecular weight excluding hydrogens is 381 g/mol. The molecule has 4 rings (SSSR count). The highest BCUT2D eigenvalue weighted by atomic mass is 19.1. The van der Waals surface area contributed by atoms with Gasteiger partial charge in [0.2, 0.25) is 5.43 Å². The topological polar surface area (TPSA) is 64.0 Å². The molecule has 6 heteroatoms. The summed E-state index contributed by atoms with van der Waals surface area (Å²) in [6.07, 6.45) is 0. The molecule has 1 unspecified atom stereocenters. The lowest BCUT2D eigenvalue weighted by molar-refractivity contribution is 0.0932. The molecule has 0 bridgehead atoms. The van der Waals surface area contributed by atoms with Crippen molar-refractivity contribution < 1.29 is 9.18 Å². The normalized spacial score (nSPS) is 12.0. The number of benzene rings is 3. The summed E-state index contributed by atoms with van der Waals surface area (Å²) in [5.41, 5.74) is 0.747. The Morgan fingerprint density at radius 3 is 2.53 bits per heavy atom. The molecule has 1 heterocycles. The molecule has 3 aromatic carbocycles. The van der Waals surface area contributed by atoms with Crippen LogP contribution in [0.15, 0.2) is 77.6 Å². The first-order valence-corrected chi connectivity index (χ1v) is 9.60. The average molecular weight is 401 g/mol. The number of hydrogen-bond donors (Lipinski definition) is 1. The molecule has 0 spiro atoms. The second kappa shape index (κ2) is 7.91. The van der Waals surface area contributed by atoms with Crippen LogP contribution < -0.4 is 10.7 Å². The van der Waals surface area contributed by atoms with Gasteiger partial charge < -0.3 is 5.32 Å². The van der Waals surface area contributed by atoms with Crippen molar-refractivity contribution >= 4 is 16.7 Å². The summed E-state index contributed by atoms with van der Waals surface area (Å²) in [4.78, 5) is 25.3. The van der Waals surface area contributed by atoms with E-state index >= 15 is 0 Å². The lowest BCUT2D eigenvalue weighted by atomic mass is 9.99. The van der Waals surface area contributed by atoms with Gasteiger partial charge in [0.05, 0.1) is 6.04 Å². The van der Waals surface area contributed by atoms with Crippen LogP contribution in [0.3, 0.4) is 0 Å². The maximum atomic E-state index is 14.2. The smallest absolute Gasteiger partial charge is 0.276 e. The van der Waals surface area contributed by atoms with Gasteiger partial charge >= 0.3 is 0 Å². The van der Waals surface area contributed by atoms with E-state index in [1.54, 1.807) is 25.1 Å². The number of hydrogen-bond acceptors (Lipinski definition) is 3. The van der Waals surface area contributed by atoms with Gasteiger partial charge in [-0.1, -0.05) is 54.6 Å². The number of carbonyl (C=O) groups excluding carboxylic acids is 1. The standard InChI is InChI=1S/C24H20FN3O2/c1-15-14-22(29)23(27-28(15)21-13-6-5-12-20(21)25)24(30)26-16(2)18-11-7-9-17-8-3-4-10-19(17)18/h3-14,16H,1-2H3,(H,26,30). The molecule has 0 aliphatic heterocycles. The van der Waals surface area contributed by atoms with Crippen LogP contribution >= 0.6 is 0 Å². The summed E-state index contributed by atoms with van der Waals surface area (Å²) in [6.45, 7) is 3.49. The molecule has 0 fully saturated rings. The zero-order chi connectivity index (χ0) is 21.3. The van der Waals surface area contributed by atoms with E-state index < -0.39 is 17.2 Å². The Hall–Kier alpha value is -3.80. The van der Waals surface area contributed by atoms with E-state index in [1.165, 1.54) is 16.8 Å². The average Bonchev–Trinajstić information content (AvgIpc) is 2.74. The van der Waals surface area contributed by atoms with Crippen LogP contribution in [0.4, 0.5) is 4.39 Å². The van der Waals surface area contributed by atoms with Crippen molar-refractivity contribution in [3.8, 4) is 5.69 Å². The van der Waals surface area contributed by atoms with Crippen LogP contribution in [0, 0.1) is 12.7 Å². The number of aromatic nitrogens is 2. The molecule has 4 aromatic rings. The Morgan fingerprint density at radius 2 is 1.73 bits per heavy atom. The minimum absolute atomic E-state index is 0.172. The Bertz CT molecular complexity index is 1310. The lowest BCUT2D eigenvalue weighted by Crippen LogP contribution is -2.33. The van der Waals surface area contributed by atoms with Crippen LogP contribution in [0.25, 0.3) is 16.5 Å². The zero-order valence-electron chi connectivity index (χ0n) is 16.6. The van der Waals surface area contributed by atoms with E-state index in [2.05, 4.69) is 10.4 Å². The van der Waals surface area contributed by atoms with Gasteiger partial charge in [0.15, 0.2) is 5.69 Å². The van der Waals surface area contributed by atoms with Gasteiger partial charge in [-0.3, -0.25) is 9.59 Å². The Labute approximate surface area is 172 Å². The molecular formula is C24H20FN3O2. The molecule has 5 nitrogen and oxygen atoms in total. The fourth-order valence-corrected chi connectivity index (χ4v) is 3.54. The minimum Gasteiger partial charge on any atom is -0.344 e. The summed E-state index contributed by atoms with van der Waals surface area (Å²) < 4.78 is 15.5. The zero-order valence-corrected chi connectivity index (χ0v) is 16.6. The Morgan fingerprint density at radius 1 is 1.03 bits per heavy atom. The van der Waals surface area contributed by atoms with Crippen LogP contribution in [-0.2, 0) is 0 Å². The van der Waals surface area contributed by atoms with Gasteiger partial charge in [-0.2, -0.15) is 5.10 Å². The molecule has 30 heavy (non-hydrogen) atoms. The monoisotopic (exact) mass is 401 g/mol. The molecule has 0 saturated carbocycles. The van der Waals surface area contributed by atoms with E-state index in [1.807, 2.05) is 49.4 Å². The molecule has 1 aromatic heterocycles. The first-order chi connectivity index (χ1) is 14.5. The summed E-state index contributed by atoms with van der Waals surface area (Å²) in [6, 6.07) is 20.8. The van der Waals surface area contributed by atoms with Crippen molar-refractivity contribution in [3.63, 3.8) is 0 Å². The highest BCUT2D eigenvalue weighted by Crippen LogP contribution is 2.24. The van der Waals surface area contributed by atoms with Crippen molar-refractivity contribution in [3.05, 3.63) is 106 Å². The quantitative estimate of drug-likeness (QED) is 0.554. The Kier molecular flexibility index (Phi) is 5.14. The lowest BCUT2D eigenvalue weighted by Gasteiger charge is -2.17. The van der Waals surface area contributed by atoms with Crippen LogP contribution in [0.1, 0.15) is 34.7 Å². The number of fused-ring (bicyclic) bond motifs is 1. The molecule has 0 saturated heterocycles. The fraction of sp³-hybridized carbons (Fsp3) is 0.125. The highest BCUT2D eigenvalue weighted by molar-refractivity contribution is 5.93. The number of rotatable bonds is 4. The van der Waals surface area contributed by atoms with E-state index in [-0.39, 0.29) is 17.4 Å². The predicted molar refractivity (Wildman–Crippen MR) is 114 cm³/mol. The maximum Gasteiger partial charge on any atom is 0.276 e. The van der Waals surface area contributed by atoms with Gasteiger partial charge in [0, 0.05) is 11.8 Å². The summed E-state index contributed by atoms with van der Waals surface area (Å²) in [5, 5.41) is 9.10. The number of nitrogens with zero attached hydrogens (tertiary/aromatic N) is 2. The van der Waals surface area contributed by atoms with Crippen molar-refractivity contribution in [2.45, 2.75) is 19.9 Å². The minimum atomic E-state index is -0.606. The van der Waals surface area contributed by atoms with Crippen LogP contribution in [0.2, 0.25) is 0 Å². The second-order valence-electron chi connectivity index (χ2n) is 7.13. The second-order valence-corrected chi connectivity index (χ2v) is 7.13. The summed E-state index contributed by atoms with van der Waals surface area (Å²) >= 11 is 0. The predicted octanol–water partition coefficient (Wildman–Crippen LogP) is 4.32. The summed E-state index contributed by atoms with van der Waals surface area (Å²) in [5.74, 6) is -1.10. The van der Waals surface area contributed by atoms with Gasteiger partial charge in [-0.05, 0) is 42.3 Å². The van der Waals surface area contributed by atoms with Gasteiger partial charge in [0.25, 0.3) is 5.91 Å². The van der Waals surface area contributed by atoms with E-state index in [9.17, 15) is 14.0 Å². The Balaban J connectivity index is 1.69. The number of amides is 1. The number of nitrogens with one attached hydrogen (secondary N) is 1. The molecule has 0 aliphatic rings. The van der Waals surface area contributed by atoms with Crippen molar-refractivity contribution in [1.82, 2.24) is 15.1 Å². The third-order valence-corrected chi connectivity index (χ3v) is 5.04. The van der Waals surface area contributed by atoms with Gasteiger partial charge in [-0.25, -0.2) is 9.07 Å². The van der Waals surface area contributed by atoms with Crippen molar-refractivity contribution in [2.24, 2.45) is 0 Å². The van der Waals surface area contributed by atoms with Crippen molar-refractivity contribution in [1.29, 1.82) is 0 Å². The maximum absolute atomic E-state index is 14.2. The van der Waals surface area contributed by atoms with Gasteiger partial charge in [-0.15, -0.1) is 0 Å². The van der Waals surface area contributed by atoms with E-state index in [0.29, 0.717) is 5.69 Å². The largest absolute Gasteiger partial charge is 0.344 e. The molecule has 0 aliphatic carbocycles. The molecule has 150 valence electrons. The van der Waals surface area contributed by atoms with Gasteiger partial charge in [0.1, 0.15) is 11.5 Å². The van der Waals surface area contributed by atoms with E-state index in [0.717, 1.165) is 16.3 Å². The fourth-order valence-electron chi connectivity index (χ4n) is 3.54. The third kappa shape index (κ3) is 3.59. The number of para-hydroxylation sites is 1. The van der Waals surface area contributed by atoms with Crippen LogP contribution in [0.5, 0.6) is 0 Å². The number of carbonyl (C=O) groups is 1. The number of aryl methyl sites for hydroxylation is 1. The molecule has 1 N–H and O–H groups in total. The SMILES string of the molecule is Cc1cc(=O)c(C(=O)NC(C)c2cccc3ccccc23)nn1-c1ccccc1F. The van der Waals surface area contributed by atoms with Crippen LogP contribution in [-0.4, -0.2) is 15.7 Å². The highest BCUT2D eigenvalue weighted by Gasteiger charge is 2.19. The van der Waals surface area contributed by atoms with Crippen molar-refractivity contribution in [2.75, 3.05) is 0 Å². The molecule has 1 atom stereocenters. The first-order valence-electron chi connectivity index (χ1n) is 9.60. The number of halogens is 1. The molecule has 0 radical (unpaired) electrons. The van der Waals surface area contributed by atoms with E-state index in [4.69, 9.17) is 0 Å². The first kappa shape index (κ1) is 19.5.